The van der Waals surface area contributed by atoms with Gasteiger partial charge in [0, 0.05) is 17.2 Å². The number of aldehydes is 1. The van der Waals surface area contributed by atoms with E-state index in [2.05, 4.69) is 41.4 Å². The molecule has 0 amide bonds. The quantitative estimate of drug-likeness (QED) is 0.522. The Morgan fingerprint density at radius 1 is 0.966 bits per heavy atom. The first-order valence-electron chi connectivity index (χ1n) is 10.5. The van der Waals surface area contributed by atoms with Gasteiger partial charge in [0.05, 0.1) is 5.69 Å². The van der Waals surface area contributed by atoms with Gasteiger partial charge in [-0.2, -0.15) is 0 Å². The number of rotatable bonds is 6. The van der Waals surface area contributed by atoms with E-state index in [1.807, 2.05) is 30.3 Å². The van der Waals surface area contributed by atoms with E-state index in [9.17, 15) is 4.79 Å². The molecular weight excluding hydrogens is 358 g/mol. The fraction of sp³-hybridized carbons (Fsp3) is 0.308. The van der Waals surface area contributed by atoms with Crippen molar-refractivity contribution in [2.45, 2.75) is 37.7 Å². The third kappa shape index (κ3) is 3.25. The molecule has 3 heteroatoms. The van der Waals surface area contributed by atoms with Gasteiger partial charge in [-0.15, -0.1) is 0 Å². The molecule has 0 aliphatic heterocycles. The molecule has 3 aromatic rings. The second-order valence-corrected chi connectivity index (χ2v) is 8.43. The molecule has 0 spiro atoms. The highest BCUT2D eigenvalue weighted by Gasteiger charge is 2.52. The molecule has 2 aromatic carbocycles. The Morgan fingerprint density at radius 3 is 2.31 bits per heavy atom. The first kappa shape index (κ1) is 18.1. The minimum atomic E-state index is 0.0594. The number of hydrogen-bond acceptors (Lipinski definition) is 3. The van der Waals surface area contributed by atoms with Gasteiger partial charge in [-0.25, -0.2) is 0 Å². The number of hydrogen-bond donors (Lipinski definition) is 0. The predicted octanol–water partition coefficient (Wildman–Crippen LogP) is 5.58. The highest BCUT2D eigenvalue weighted by Crippen LogP contribution is 2.60. The van der Waals surface area contributed by atoms with Crippen LogP contribution in [0.25, 0.3) is 0 Å². The maximum atomic E-state index is 11.1. The molecule has 0 saturated heterocycles. The fourth-order valence-corrected chi connectivity index (χ4v) is 5.55. The first-order chi connectivity index (χ1) is 14.3. The van der Waals surface area contributed by atoms with E-state index in [4.69, 9.17) is 4.74 Å². The summed E-state index contributed by atoms with van der Waals surface area (Å²) in [6.07, 6.45) is 7.86. The van der Waals surface area contributed by atoms with E-state index in [1.165, 1.54) is 36.8 Å². The second kappa shape index (κ2) is 7.47. The van der Waals surface area contributed by atoms with Crippen LogP contribution < -0.4 is 4.74 Å². The van der Waals surface area contributed by atoms with Crippen LogP contribution in [0, 0.1) is 11.8 Å². The summed E-state index contributed by atoms with van der Waals surface area (Å²) in [5.41, 5.74) is 4.44. The van der Waals surface area contributed by atoms with Gasteiger partial charge in [0.1, 0.15) is 18.6 Å². The third-order valence-corrected chi connectivity index (χ3v) is 6.89. The van der Waals surface area contributed by atoms with Crippen molar-refractivity contribution in [1.29, 1.82) is 0 Å². The Balaban J connectivity index is 1.43. The molecule has 3 nitrogen and oxygen atoms in total. The number of aromatic nitrogens is 1. The van der Waals surface area contributed by atoms with Crippen molar-refractivity contribution in [3.63, 3.8) is 0 Å². The van der Waals surface area contributed by atoms with Crippen molar-refractivity contribution in [3.05, 3.63) is 95.3 Å². The number of ether oxygens (including phenoxy) is 1. The summed E-state index contributed by atoms with van der Waals surface area (Å²) >= 11 is 0. The number of pyridine rings is 1. The Labute approximate surface area is 171 Å². The maximum Gasteiger partial charge on any atom is 0.150 e. The number of carbonyl (C=O) groups excluding carboxylic acids is 1. The van der Waals surface area contributed by atoms with Crippen molar-refractivity contribution in [2.24, 2.45) is 11.8 Å². The minimum Gasteiger partial charge on any atom is -0.487 e. The zero-order valence-corrected chi connectivity index (χ0v) is 16.5. The smallest absolute Gasteiger partial charge is 0.150 e. The van der Waals surface area contributed by atoms with Gasteiger partial charge < -0.3 is 4.74 Å². The van der Waals surface area contributed by atoms with Crippen LogP contribution in [0.4, 0.5) is 0 Å². The van der Waals surface area contributed by atoms with Gasteiger partial charge in [0.2, 0.25) is 0 Å². The zero-order valence-electron chi connectivity index (χ0n) is 16.5. The van der Waals surface area contributed by atoms with E-state index < -0.39 is 0 Å². The lowest BCUT2D eigenvalue weighted by molar-refractivity contribution is 0.112. The Hall–Kier alpha value is -2.94. The monoisotopic (exact) mass is 383 g/mol. The number of carbonyl (C=O) groups is 1. The van der Waals surface area contributed by atoms with Crippen molar-refractivity contribution >= 4 is 6.29 Å². The number of benzene rings is 2. The summed E-state index contributed by atoms with van der Waals surface area (Å²) in [6, 6.07) is 22.8. The molecule has 2 saturated carbocycles. The zero-order chi connectivity index (χ0) is 19.7. The second-order valence-electron chi connectivity index (χ2n) is 8.43. The molecule has 29 heavy (non-hydrogen) atoms. The SMILES string of the molecule is O=Cc1ccc([C@@]2(c3ccc(OCc4ccccn4)cc3)CC3CCC2C3)cc1. The third-order valence-electron chi connectivity index (χ3n) is 6.89. The molecule has 2 aliphatic carbocycles. The lowest BCUT2D eigenvalue weighted by atomic mass is 9.64. The van der Waals surface area contributed by atoms with Crippen LogP contribution in [-0.2, 0) is 12.0 Å². The first-order valence-corrected chi connectivity index (χ1v) is 10.5. The van der Waals surface area contributed by atoms with Crippen LogP contribution in [0.3, 0.4) is 0 Å². The average molecular weight is 383 g/mol. The van der Waals surface area contributed by atoms with E-state index >= 15 is 0 Å². The molecule has 5 rings (SSSR count). The van der Waals surface area contributed by atoms with Crippen molar-refractivity contribution in [3.8, 4) is 5.75 Å². The Kier molecular flexibility index (Phi) is 4.67. The van der Waals surface area contributed by atoms with Gasteiger partial charge in [-0.1, -0.05) is 48.9 Å². The molecule has 2 bridgehead atoms. The largest absolute Gasteiger partial charge is 0.487 e. The van der Waals surface area contributed by atoms with Gasteiger partial charge in [-0.05, 0) is 66.5 Å². The molecule has 146 valence electrons. The van der Waals surface area contributed by atoms with Crippen LogP contribution in [0.2, 0.25) is 0 Å². The summed E-state index contributed by atoms with van der Waals surface area (Å²) in [4.78, 5) is 15.4. The van der Waals surface area contributed by atoms with Crippen molar-refractivity contribution in [1.82, 2.24) is 4.98 Å². The molecule has 1 heterocycles. The molecule has 2 fully saturated rings. The van der Waals surface area contributed by atoms with E-state index in [-0.39, 0.29) is 5.41 Å². The normalized spacial score (nSPS) is 25.1. The molecule has 2 unspecified atom stereocenters. The fourth-order valence-electron chi connectivity index (χ4n) is 5.55. The molecule has 3 atom stereocenters. The van der Waals surface area contributed by atoms with Gasteiger partial charge in [-0.3, -0.25) is 9.78 Å². The average Bonchev–Trinajstić information content (AvgIpc) is 3.41. The summed E-state index contributed by atoms with van der Waals surface area (Å²) in [5.74, 6) is 2.36. The highest BCUT2D eigenvalue weighted by atomic mass is 16.5. The van der Waals surface area contributed by atoms with Gasteiger partial charge >= 0.3 is 0 Å². The summed E-state index contributed by atoms with van der Waals surface area (Å²) in [7, 11) is 0. The van der Waals surface area contributed by atoms with Crippen LogP contribution in [0.15, 0.2) is 72.9 Å². The highest BCUT2D eigenvalue weighted by molar-refractivity contribution is 5.74. The maximum absolute atomic E-state index is 11.1. The Bertz CT molecular complexity index is 981. The number of nitrogens with zero attached hydrogens (tertiary/aromatic N) is 1. The van der Waals surface area contributed by atoms with Crippen LogP contribution in [0.1, 0.15) is 52.9 Å². The molecule has 0 radical (unpaired) electrons. The molecule has 2 aliphatic rings. The van der Waals surface area contributed by atoms with E-state index in [1.54, 1.807) is 6.20 Å². The summed E-state index contributed by atoms with van der Waals surface area (Å²) in [5, 5.41) is 0. The van der Waals surface area contributed by atoms with Crippen LogP contribution in [0.5, 0.6) is 5.75 Å². The standard InChI is InChI=1S/C26H25NO2/c28-17-19-4-7-21(8-5-19)26(16-20-6-9-23(26)15-20)22-10-12-25(13-11-22)29-18-24-3-1-2-14-27-24/h1-5,7-8,10-14,17,20,23H,6,9,15-16,18H2/t20?,23?,26-/m1/s1. The molecule has 1 aromatic heterocycles. The van der Waals surface area contributed by atoms with Crippen LogP contribution in [-0.4, -0.2) is 11.3 Å². The predicted molar refractivity (Wildman–Crippen MR) is 113 cm³/mol. The summed E-state index contributed by atoms with van der Waals surface area (Å²) in [6.45, 7) is 0.475. The lowest BCUT2D eigenvalue weighted by Gasteiger charge is -2.39. The lowest BCUT2D eigenvalue weighted by Crippen LogP contribution is -2.34. The van der Waals surface area contributed by atoms with Gasteiger partial charge in [0.15, 0.2) is 0 Å². The number of fused-ring (bicyclic) bond motifs is 2. The van der Waals surface area contributed by atoms with Crippen molar-refractivity contribution < 1.29 is 9.53 Å². The van der Waals surface area contributed by atoms with Crippen molar-refractivity contribution in [2.75, 3.05) is 0 Å². The summed E-state index contributed by atoms with van der Waals surface area (Å²) < 4.78 is 5.94. The molecular formula is C26H25NO2. The van der Waals surface area contributed by atoms with E-state index in [0.29, 0.717) is 12.5 Å². The van der Waals surface area contributed by atoms with Gasteiger partial charge in [0.25, 0.3) is 0 Å². The minimum absolute atomic E-state index is 0.0594. The van der Waals surface area contributed by atoms with Crippen LogP contribution >= 0.6 is 0 Å². The van der Waals surface area contributed by atoms with E-state index in [0.717, 1.165) is 29.2 Å². The topological polar surface area (TPSA) is 39.2 Å². The Morgan fingerprint density at radius 2 is 1.72 bits per heavy atom. The molecule has 0 N–H and O–H groups in total.